The maximum absolute atomic E-state index is 10.1. The molecular formula is C17H29NO3. The fourth-order valence-corrected chi connectivity index (χ4v) is 2.01. The molecule has 1 atom stereocenters. The molecule has 0 saturated carbocycles. The van der Waals surface area contributed by atoms with Gasteiger partial charge in [-0.2, -0.15) is 0 Å². The molecule has 0 bridgehead atoms. The van der Waals surface area contributed by atoms with Gasteiger partial charge in [-0.15, -0.1) is 0 Å². The van der Waals surface area contributed by atoms with Crippen molar-refractivity contribution in [2.45, 2.75) is 45.8 Å². The third kappa shape index (κ3) is 8.05. The third-order valence-electron chi connectivity index (χ3n) is 3.08. The first-order valence-electron chi connectivity index (χ1n) is 7.86. The van der Waals surface area contributed by atoms with Crippen molar-refractivity contribution in [2.24, 2.45) is 0 Å². The summed E-state index contributed by atoms with van der Waals surface area (Å²) in [6.07, 6.45) is 1.45. The highest BCUT2D eigenvalue weighted by molar-refractivity contribution is 5.28. The summed E-state index contributed by atoms with van der Waals surface area (Å²) in [4.78, 5) is 0. The highest BCUT2D eigenvalue weighted by atomic mass is 16.5. The van der Waals surface area contributed by atoms with E-state index in [0.717, 1.165) is 44.0 Å². The largest absolute Gasteiger partial charge is 0.491 e. The molecule has 1 aromatic rings. The summed E-state index contributed by atoms with van der Waals surface area (Å²) >= 11 is 0. The van der Waals surface area contributed by atoms with Gasteiger partial charge in [0.05, 0.1) is 12.2 Å². The lowest BCUT2D eigenvalue weighted by Gasteiger charge is -2.14. The molecule has 1 rings (SSSR count). The highest BCUT2D eigenvalue weighted by Gasteiger charge is 2.07. The molecule has 0 spiro atoms. The van der Waals surface area contributed by atoms with Crippen LogP contribution in [0.1, 0.15) is 45.3 Å². The second-order valence-electron chi connectivity index (χ2n) is 5.34. The molecule has 0 aliphatic rings. The average Bonchev–Trinajstić information content (AvgIpc) is 2.46. The quantitative estimate of drug-likeness (QED) is 0.616. The van der Waals surface area contributed by atoms with Gasteiger partial charge in [0.1, 0.15) is 5.75 Å². The van der Waals surface area contributed by atoms with Gasteiger partial charge in [-0.3, -0.25) is 0 Å². The summed E-state index contributed by atoms with van der Waals surface area (Å²) in [5, 5.41) is 13.4. The van der Waals surface area contributed by atoms with Crippen LogP contribution in [0.5, 0.6) is 5.75 Å². The minimum atomic E-state index is -0.433. The van der Waals surface area contributed by atoms with E-state index in [1.807, 2.05) is 45.0 Å². The molecule has 0 aliphatic carbocycles. The lowest BCUT2D eigenvalue weighted by atomic mass is 10.1. The van der Waals surface area contributed by atoms with Crippen LogP contribution in [0.4, 0.5) is 0 Å². The van der Waals surface area contributed by atoms with Crippen molar-refractivity contribution in [3.8, 4) is 5.75 Å². The Morgan fingerprint density at radius 3 is 2.48 bits per heavy atom. The molecule has 1 aromatic carbocycles. The van der Waals surface area contributed by atoms with Crippen LogP contribution in [0.3, 0.4) is 0 Å². The smallest absolute Gasteiger partial charge is 0.119 e. The number of hydrogen-bond donors (Lipinski definition) is 2. The number of aliphatic hydroxyl groups excluding tert-OH is 1. The molecule has 1 unspecified atom stereocenters. The van der Waals surface area contributed by atoms with E-state index in [4.69, 9.17) is 9.47 Å². The minimum absolute atomic E-state index is 0.168. The monoisotopic (exact) mass is 295 g/mol. The SMILES string of the molecule is CCOCCCNCCC(O)c1ccc(OC(C)C)cc1. The van der Waals surface area contributed by atoms with Gasteiger partial charge in [-0.05, 0) is 64.4 Å². The van der Waals surface area contributed by atoms with Crippen molar-refractivity contribution in [2.75, 3.05) is 26.3 Å². The van der Waals surface area contributed by atoms with Gasteiger partial charge in [-0.1, -0.05) is 12.1 Å². The summed E-state index contributed by atoms with van der Waals surface area (Å²) in [5.74, 6) is 0.843. The van der Waals surface area contributed by atoms with Gasteiger partial charge in [0, 0.05) is 13.2 Å². The molecule has 120 valence electrons. The zero-order valence-corrected chi connectivity index (χ0v) is 13.5. The molecule has 0 radical (unpaired) electrons. The fraction of sp³-hybridized carbons (Fsp3) is 0.647. The Balaban J connectivity index is 2.21. The van der Waals surface area contributed by atoms with Crippen molar-refractivity contribution in [1.82, 2.24) is 5.32 Å². The molecule has 4 nitrogen and oxygen atoms in total. The van der Waals surface area contributed by atoms with Crippen LogP contribution in [0.15, 0.2) is 24.3 Å². The van der Waals surface area contributed by atoms with E-state index in [0.29, 0.717) is 6.42 Å². The predicted molar refractivity (Wildman–Crippen MR) is 85.8 cm³/mol. The summed E-state index contributed by atoms with van der Waals surface area (Å²) in [6.45, 7) is 9.30. The molecule has 4 heteroatoms. The molecular weight excluding hydrogens is 266 g/mol. The van der Waals surface area contributed by atoms with E-state index in [2.05, 4.69) is 5.32 Å². The van der Waals surface area contributed by atoms with E-state index in [1.54, 1.807) is 0 Å². The highest BCUT2D eigenvalue weighted by Crippen LogP contribution is 2.20. The van der Waals surface area contributed by atoms with Crippen molar-refractivity contribution in [1.29, 1.82) is 0 Å². The number of ether oxygens (including phenoxy) is 2. The summed E-state index contributed by atoms with van der Waals surface area (Å²) in [5.41, 5.74) is 0.933. The fourth-order valence-electron chi connectivity index (χ4n) is 2.01. The summed E-state index contributed by atoms with van der Waals surface area (Å²) in [6, 6.07) is 7.68. The molecule has 0 aliphatic heterocycles. The van der Waals surface area contributed by atoms with Crippen LogP contribution >= 0.6 is 0 Å². The molecule has 0 aromatic heterocycles. The predicted octanol–water partition coefficient (Wildman–Crippen LogP) is 2.91. The van der Waals surface area contributed by atoms with Crippen LogP contribution in [0.2, 0.25) is 0 Å². The first-order chi connectivity index (χ1) is 10.1. The number of rotatable bonds is 11. The molecule has 0 heterocycles. The Kier molecular flexibility index (Phi) is 9.06. The Morgan fingerprint density at radius 1 is 1.14 bits per heavy atom. The van der Waals surface area contributed by atoms with E-state index in [9.17, 15) is 5.11 Å². The van der Waals surface area contributed by atoms with Gasteiger partial charge in [0.2, 0.25) is 0 Å². The van der Waals surface area contributed by atoms with Crippen LogP contribution in [0, 0.1) is 0 Å². The molecule has 0 saturated heterocycles. The lowest BCUT2D eigenvalue weighted by Crippen LogP contribution is -2.20. The Morgan fingerprint density at radius 2 is 1.86 bits per heavy atom. The number of nitrogens with one attached hydrogen (secondary N) is 1. The van der Waals surface area contributed by atoms with Crippen LogP contribution in [-0.4, -0.2) is 37.5 Å². The van der Waals surface area contributed by atoms with Crippen LogP contribution in [0.25, 0.3) is 0 Å². The average molecular weight is 295 g/mol. The van der Waals surface area contributed by atoms with E-state index in [1.165, 1.54) is 0 Å². The second kappa shape index (κ2) is 10.6. The van der Waals surface area contributed by atoms with E-state index >= 15 is 0 Å². The standard InChI is InChI=1S/C17H29NO3/c1-4-20-13-5-11-18-12-10-17(19)15-6-8-16(9-7-15)21-14(2)3/h6-9,14,17-19H,4-5,10-13H2,1-3H3. The molecule has 0 fully saturated rings. The Hall–Kier alpha value is -1.10. The number of aliphatic hydroxyl groups is 1. The summed E-state index contributed by atoms with van der Waals surface area (Å²) in [7, 11) is 0. The maximum Gasteiger partial charge on any atom is 0.119 e. The van der Waals surface area contributed by atoms with Crippen molar-refractivity contribution < 1.29 is 14.6 Å². The van der Waals surface area contributed by atoms with Crippen molar-refractivity contribution in [3.63, 3.8) is 0 Å². The van der Waals surface area contributed by atoms with E-state index in [-0.39, 0.29) is 6.10 Å². The van der Waals surface area contributed by atoms with Crippen molar-refractivity contribution in [3.05, 3.63) is 29.8 Å². The minimum Gasteiger partial charge on any atom is -0.491 e. The number of benzene rings is 1. The zero-order valence-electron chi connectivity index (χ0n) is 13.5. The van der Waals surface area contributed by atoms with Gasteiger partial charge >= 0.3 is 0 Å². The number of hydrogen-bond acceptors (Lipinski definition) is 4. The lowest BCUT2D eigenvalue weighted by molar-refractivity contribution is 0.143. The van der Waals surface area contributed by atoms with Gasteiger partial charge in [-0.25, -0.2) is 0 Å². The normalized spacial score (nSPS) is 12.6. The van der Waals surface area contributed by atoms with Gasteiger partial charge < -0.3 is 19.9 Å². The zero-order chi connectivity index (χ0) is 15.5. The Bertz CT molecular complexity index is 365. The van der Waals surface area contributed by atoms with Gasteiger partial charge in [0.15, 0.2) is 0 Å². The van der Waals surface area contributed by atoms with Gasteiger partial charge in [0.25, 0.3) is 0 Å². The van der Waals surface area contributed by atoms with Crippen LogP contribution in [-0.2, 0) is 4.74 Å². The first-order valence-corrected chi connectivity index (χ1v) is 7.86. The first kappa shape index (κ1) is 18.0. The van der Waals surface area contributed by atoms with E-state index < -0.39 is 6.10 Å². The maximum atomic E-state index is 10.1. The third-order valence-corrected chi connectivity index (χ3v) is 3.08. The van der Waals surface area contributed by atoms with Crippen molar-refractivity contribution >= 4 is 0 Å². The topological polar surface area (TPSA) is 50.7 Å². The Labute approximate surface area is 128 Å². The molecule has 2 N–H and O–H groups in total. The van der Waals surface area contributed by atoms with Crippen LogP contribution < -0.4 is 10.1 Å². The second-order valence-corrected chi connectivity index (χ2v) is 5.34. The summed E-state index contributed by atoms with van der Waals surface area (Å²) < 4.78 is 10.9. The molecule has 21 heavy (non-hydrogen) atoms. The molecule has 0 amide bonds.